The summed E-state index contributed by atoms with van der Waals surface area (Å²) in [5.41, 5.74) is 10.00. The number of nitrogens with zero attached hydrogens (tertiary/aromatic N) is 1. The fourth-order valence-corrected chi connectivity index (χ4v) is 4.14. The highest BCUT2D eigenvalue weighted by molar-refractivity contribution is 5.89. The molecule has 0 aliphatic heterocycles. The van der Waals surface area contributed by atoms with Crippen LogP contribution in [-0.2, 0) is 5.41 Å². The van der Waals surface area contributed by atoms with E-state index in [-0.39, 0.29) is 5.41 Å². The summed E-state index contributed by atoms with van der Waals surface area (Å²) in [5, 5.41) is 0. The van der Waals surface area contributed by atoms with Crippen molar-refractivity contribution in [1.29, 1.82) is 0 Å². The lowest BCUT2D eigenvalue weighted by molar-refractivity contribution is 0.657. The maximum absolute atomic E-state index is 4.75. The Labute approximate surface area is 143 Å². The van der Waals surface area contributed by atoms with E-state index >= 15 is 0 Å². The molecule has 0 atom stereocenters. The first kappa shape index (κ1) is 14.9. The van der Waals surface area contributed by atoms with Crippen LogP contribution in [0.3, 0.4) is 0 Å². The molecule has 0 bridgehead atoms. The number of rotatable bonds is 2. The largest absolute Gasteiger partial charge is 0.256 e. The predicted molar refractivity (Wildman–Crippen MR) is 102 cm³/mol. The molecule has 1 heterocycles. The minimum absolute atomic E-state index is 0.0976. The van der Waals surface area contributed by atoms with Crippen LogP contribution in [0.5, 0.6) is 0 Å². The lowest BCUT2D eigenvalue weighted by Gasteiger charge is -2.26. The molecule has 0 amide bonds. The molecular formula is C23H21N. The molecule has 1 heteroatoms. The lowest BCUT2D eigenvalue weighted by atomic mass is 9.78. The fourth-order valence-electron chi connectivity index (χ4n) is 4.14. The third-order valence-corrected chi connectivity index (χ3v) is 5.21. The van der Waals surface area contributed by atoms with E-state index in [4.69, 9.17) is 4.98 Å². The van der Waals surface area contributed by atoms with Crippen molar-refractivity contribution in [2.45, 2.75) is 26.2 Å². The smallest absolute Gasteiger partial charge is 0.0748 e. The molecule has 1 aromatic heterocycles. The first-order valence-corrected chi connectivity index (χ1v) is 8.37. The van der Waals surface area contributed by atoms with Crippen LogP contribution in [0.15, 0.2) is 61.3 Å². The molecule has 0 fully saturated rings. The minimum atomic E-state index is -0.0976. The van der Waals surface area contributed by atoms with Gasteiger partial charge in [-0.2, -0.15) is 0 Å². The lowest BCUT2D eigenvalue weighted by Crippen LogP contribution is -2.18. The van der Waals surface area contributed by atoms with Gasteiger partial charge in [0.05, 0.1) is 5.69 Å². The van der Waals surface area contributed by atoms with Gasteiger partial charge in [0, 0.05) is 17.2 Å². The number of fused-ring (bicyclic) bond motifs is 3. The quantitative estimate of drug-likeness (QED) is 0.565. The first-order chi connectivity index (χ1) is 11.6. The molecule has 3 aromatic rings. The summed E-state index contributed by atoms with van der Waals surface area (Å²) in [7, 11) is 0. The molecule has 118 valence electrons. The topological polar surface area (TPSA) is 12.9 Å². The normalized spacial score (nSPS) is 14.1. The zero-order chi connectivity index (χ0) is 16.9. The Bertz CT molecular complexity index is 949. The van der Waals surface area contributed by atoms with E-state index < -0.39 is 0 Å². The second-order valence-corrected chi connectivity index (χ2v) is 7.00. The molecule has 0 unspecified atom stereocenters. The number of pyridine rings is 1. The van der Waals surface area contributed by atoms with Gasteiger partial charge in [-0.05, 0) is 46.4 Å². The molecular weight excluding hydrogens is 290 g/mol. The molecule has 1 aliphatic rings. The van der Waals surface area contributed by atoms with Gasteiger partial charge < -0.3 is 0 Å². The van der Waals surface area contributed by atoms with Crippen LogP contribution in [0.25, 0.3) is 28.5 Å². The third-order valence-electron chi connectivity index (χ3n) is 5.21. The zero-order valence-electron chi connectivity index (χ0n) is 14.4. The van der Waals surface area contributed by atoms with Gasteiger partial charge >= 0.3 is 0 Å². The Kier molecular flexibility index (Phi) is 3.21. The summed E-state index contributed by atoms with van der Waals surface area (Å²) in [6.07, 6.45) is 3.93. The highest BCUT2D eigenvalue weighted by Crippen LogP contribution is 2.53. The molecule has 1 aliphatic carbocycles. The van der Waals surface area contributed by atoms with Crippen molar-refractivity contribution in [3.63, 3.8) is 0 Å². The number of aryl methyl sites for hydroxylation is 1. The van der Waals surface area contributed by atoms with E-state index in [0.29, 0.717) is 0 Å². The highest BCUT2D eigenvalue weighted by Gasteiger charge is 2.39. The zero-order valence-corrected chi connectivity index (χ0v) is 14.4. The molecule has 0 saturated heterocycles. The maximum Gasteiger partial charge on any atom is 0.0748 e. The number of hydrogen-bond donors (Lipinski definition) is 0. The Morgan fingerprint density at radius 3 is 2.33 bits per heavy atom. The van der Waals surface area contributed by atoms with Crippen molar-refractivity contribution >= 4 is 6.08 Å². The monoisotopic (exact) mass is 311 g/mol. The summed E-state index contributed by atoms with van der Waals surface area (Å²) in [4.78, 5) is 4.75. The molecule has 0 radical (unpaired) electrons. The van der Waals surface area contributed by atoms with Crippen molar-refractivity contribution in [2.75, 3.05) is 0 Å². The van der Waals surface area contributed by atoms with Crippen molar-refractivity contribution < 1.29 is 0 Å². The van der Waals surface area contributed by atoms with E-state index in [1.54, 1.807) is 0 Å². The van der Waals surface area contributed by atoms with E-state index in [9.17, 15) is 0 Å². The van der Waals surface area contributed by atoms with E-state index in [1.807, 2.05) is 18.3 Å². The molecule has 2 aromatic carbocycles. The van der Waals surface area contributed by atoms with Gasteiger partial charge in [0.15, 0.2) is 0 Å². The van der Waals surface area contributed by atoms with E-state index in [0.717, 1.165) is 5.69 Å². The molecule has 24 heavy (non-hydrogen) atoms. The van der Waals surface area contributed by atoms with Gasteiger partial charge in [-0.3, -0.25) is 4.98 Å². The first-order valence-electron chi connectivity index (χ1n) is 8.37. The average molecular weight is 311 g/mol. The highest BCUT2D eigenvalue weighted by atomic mass is 14.7. The summed E-state index contributed by atoms with van der Waals surface area (Å²) < 4.78 is 0. The third kappa shape index (κ3) is 1.91. The Morgan fingerprint density at radius 1 is 0.917 bits per heavy atom. The summed E-state index contributed by atoms with van der Waals surface area (Å²) in [5.74, 6) is 0. The molecule has 4 rings (SSSR count). The summed E-state index contributed by atoms with van der Waals surface area (Å²) >= 11 is 0. The number of aromatic nitrogens is 1. The van der Waals surface area contributed by atoms with Crippen LogP contribution in [0, 0.1) is 6.92 Å². The summed E-state index contributed by atoms with van der Waals surface area (Å²) in [6, 6.07) is 17.1. The molecule has 0 spiro atoms. The Hall–Kier alpha value is -2.67. The van der Waals surface area contributed by atoms with Crippen LogP contribution in [0.4, 0.5) is 0 Å². The molecule has 0 N–H and O–H groups in total. The minimum Gasteiger partial charge on any atom is -0.256 e. The van der Waals surface area contributed by atoms with Crippen molar-refractivity contribution in [2.24, 2.45) is 0 Å². The van der Waals surface area contributed by atoms with Gasteiger partial charge in [-0.1, -0.05) is 69.0 Å². The van der Waals surface area contributed by atoms with Gasteiger partial charge in [0.2, 0.25) is 0 Å². The maximum atomic E-state index is 4.75. The number of benzene rings is 2. The second-order valence-electron chi connectivity index (χ2n) is 7.00. The Morgan fingerprint density at radius 2 is 1.62 bits per heavy atom. The van der Waals surface area contributed by atoms with Crippen molar-refractivity contribution in [3.8, 4) is 22.4 Å². The average Bonchev–Trinajstić information content (AvgIpc) is 2.84. The summed E-state index contributed by atoms with van der Waals surface area (Å²) in [6.45, 7) is 10.8. The Balaban J connectivity index is 2.08. The van der Waals surface area contributed by atoms with Crippen LogP contribution >= 0.6 is 0 Å². The predicted octanol–water partition coefficient (Wildman–Crippen LogP) is 6.01. The van der Waals surface area contributed by atoms with E-state index in [1.165, 1.54) is 38.9 Å². The van der Waals surface area contributed by atoms with Crippen LogP contribution in [0.2, 0.25) is 0 Å². The van der Waals surface area contributed by atoms with Crippen molar-refractivity contribution in [3.05, 3.63) is 83.6 Å². The van der Waals surface area contributed by atoms with Gasteiger partial charge in [0.1, 0.15) is 0 Å². The molecule has 0 saturated carbocycles. The standard InChI is InChI=1S/C23H21N/c1-5-17-15(2)11-12-18-19-13-14-24-22(16-9-7-6-8-10-16)21(19)23(3,4)20(17)18/h5-14H,1H2,2-4H3. The van der Waals surface area contributed by atoms with Crippen LogP contribution < -0.4 is 0 Å². The van der Waals surface area contributed by atoms with Crippen molar-refractivity contribution in [1.82, 2.24) is 4.98 Å². The molecule has 1 nitrogen and oxygen atoms in total. The van der Waals surface area contributed by atoms with Gasteiger partial charge in [-0.15, -0.1) is 0 Å². The second kappa shape index (κ2) is 5.17. The van der Waals surface area contributed by atoms with Crippen LogP contribution in [0.1, 0.15) is 36.1 Å². The van der Waals surface area contributed by atoms with Gasteiger partial charge in [-0.25, -0.2) is 0 Å². The fraction of sp³-hybridized carbons (Fsp3) is 0.174. The van der Waals surface area contributed by atoms with Crippen LogP contribution in [-0.4, -0.2) is 4.98 Å². The van der Waals surface area contributed by atoms with Gasteiger partial charge in [0.25, 0.3) is 0 Å². The van der Waals surface area contributed by atoms with E-state index in [2.05, 4.69) is 69.8 Å². The number of hydrogen-bond acceptors (Lipinski definition) is 1. The SMILES string of the molecule is C=Cc1c(C)ccc2c1C(C)(C)c1c-2ccnc1-c1ccccc1.